The van der Waals surface area contributed by atoms with E-state index in [1.807, 2.05) is 13.1 Å². The maximum atomic E-state index is 12.2. The van der Waals surface area contributed by atoms with Crippen LogP contribution in [0.25, 0.3) is 0 Å². The Bertz CT molecular complexity index is 712. The summed E-state index contributed by atoms with van der Waals surface area (Å²) in [7, 11) is -1.77. The molecule has 0 saturated heterocycles. The van der Waals surface area contributed by atoms with Crippen LogP contribution in [-0.2, 0) is 23.5 Å². The quantitative estimate of drug-likeness (QED) is 0.787. The van der Waals surface area contributed by atoms with E-state index >= 15 is 0 Å². The predicted octanol–water partition coefficient (Wildman–Crippen LogP) is 1.29. The highest BCUT2D eigenvalue weighted by Crippen LogP contribution is 2.23. The van der Waals surface area contributed by atoms with E-state index in [9.17, 15) is 8.42 Å². The predicted molar refractivity (Wildman–Crippen MR) is 80.7 cm³/mol. The third-order valence-electron chi connectivity index (χ3n) is 2.84. The largest absolute Gasteiger partial charge is 0.399 e. The van der Waals surface area contributed by atoms with Crippen LogP contribution >= 0.6 is 15.9 Å². The number of nitrogens with zero attached hydrogens (tertiary/aromatic N) is 2. The second kappa shape index (κ2) is 5.94. The van der Waals surface area contributed by atoms with Gasteiger partial charge >= 0.3 is 0 Å². The smallest absolute Gasteiger partial charge is 0.241 e. The molecule has 2 aromatic rings. The molecule has 0 aliphatic carbocycles. The molecule has 0 aliphatic heterocycles. The first kappa shape index (κ1) is 15.0. The van der Waals surface area contributed by atoms with Gasteiger partial charge in [-0.1, -0.05) is 0 Å². The van der Waals surface area contributed by atoms with Crippen LogP contribution in [0.1, 0.15) is 5.69 Å². The molecule has 0 aliphatic rings. The summed E-state index contributed by atoms with van der Waals surface area (Å²) in [5, 5.41) is 4.03. The van der Waals surface area contributed by atoms with Crippen LogP contribution in [0.4, 0.5) is 5.69 Å². The number of rotatable bonds is 5. The van der Waals surface area contributed by atoms with Crippen molar-refractivity contribution in [2.45, 2.75) is 11.3 Å². The van der Waals surface area contributed by atoms with E-state index in [-0.39, 0.29) is 4.90 Å². The van der Waals surface area contributed by atoms with Gasteiger partial charge in [-0.05, 0) is 40.2 Å². The Morgan fingerprint density at radius 1 is 1.40 bits per heavy atom. The summed E-state index contributed by atoms with van der Waals surface area (Å²) in [4.78, 5) is 0.141. The summed E-state index contributed by atoms with van der Waals surface area (Å²) < 4.78 is 29.2. The van der Waals surface area contributed by atoms with Crippen molar-refractivity contribution in [2.75, 3.05) is 12.3 Å². The van der Waals surface area contributed by atoms with E-state index in [2.05, 4.69) is 25.8 Å². The van der Waals surface area contributed by atoms with Gasteiger partial charge in [0.2, 0.25) is 10.0 Å². The summed E-state index contributed by atoms with van der Waals surface area (Å²) in [5.74, 6) is 0. The van der Waals surface area contributed by atoms with Crippen molar-refractivity contribution in [2.24, 2.45) is 7.05 Å². The van der Waals surface area contributed by atoms with Crippen LogP contribution in [0.2, 0.25) is 0 Å². The Morgan fingerprint density at radius 2 is 2.15 bits per heavy atom. The fourth-order valence-corrected chi connectivity index (χ4v) is 3.79. The molecule has 8 heteroatoms. The van der Waals surface area contributed by atoms with Gasteiger partial charge < -0.3 is 5.73 Å². The number of anilines is 1. The molecule has 0 amide bonds. The molecule has 108 valence electrons. The highest BCUT2D eigenvalue weighted by Gasteiger charge is 2.17. The van der Waals surface area contributed by atoms with E-state index in [1.54, 1.807) is 23.0 Å². The summed E-state index contributed by atoms with van der Waals surface area (Å²) >= 11 is 3.22. The number of halogens is 1. The van der Waals surface area contributed by atoms with Gasteiger partial charge in [-0.15, -0.1) is 0 Å². The molecule has 1 heterocycles. The number of aryl methyl sites for hydroxylation is 1. The second-order valence-electron chi connectivity index (χ2n) is 4.28. The van der Waals surface area contributed by atoms with Gasteiger partial charge in [0.05, 0.1) is 4.90 Å². The Hall–Kier alpha value is -1.38. The number of sulfonamides is 1. The van der Waals surface area contributed by atoms with Crippen LogP contribution in [0.3, 0.4) is 0 Å². The van der Waals surface area contributed by atoms with Crippen molar-refractivity contribution in [1.29, 1.82) is 0 Å². The highest BCUT2D eigenvalue weighted by atomic mass is 79.9. The number of nitrogen functional groups attached to an aromatic ring is 1. The maximum absolute atomic E-state index is 12.2. The zero-order valence-corrected chi connectivity index (χ0v) is 13.3. The minimum absolute atomic E-state index is 0.141. The van der Waals surface area contributed by atoms with Crippen LogP contribution < -0.4 is 10.5 Å². The van der Waals surface area contributed by atoms with Crippen molar-refractivity contribution < 1.29 is 8.42 Å². The van der Waals surface area contributed by atoms with Gasteiger partial charge in [0.15, 0.2) is 0 Å². The third kappa shape index (κ3) is 3.38. The normalized spacial score (nSPS) is 11.7. The van der Waals surface area contributed by atoms with Gasteiger partial charge in [-0.3, -0.25) is 4.68 Å². The molecule has 6 nitrogen and oxygen atoms in total. The molecule has 0 unspecified atom stereocenters. The molecule has 0 radical (unpaired) electrons. The van der Waals surface area contributed by atoms with Gasteiger partial charge in [0.1, 0.15) is 0 Å². The van der Waals surface area contributed by atoms with Crippen molar-refractivity contribution in [3.8, 4) is 0 Å². The number of hydrogen-bond acceptors (Lipinski definition) is 4. The minimum atomic E-state index is -3.59. The van der Waals surface area contributed by atoms with Crippen LogP contribution in [0, 0.1) is 0 Å². The summed E-state index contributed by atoms with van der Waals surface area (Å²) in [6, 6.07) is 6.53. The van der Waals surface area contributed by atoms with E-state index in [1.165, 1.54) is 6.07 Å². The van der Waals surface area contributed by atoms with Crippen molar-refractivity contribution in [1.82, 2.24) is 14.5 Å². The lowest BCUT2D eigenvalue weighted by Crippen LogP contribution is -2.26. The van der Waals surface area contributed by atoms with E-state index in [0.29, 0.717) is 23.1 Å². The molecule has 2 rings (SSSR count). The second-order valence-corrected chi connectivity index (χ2v) is 6.87. The number of aromatic nitrogens is 2. The molecule has 1 aromatic heterocycles. The molecular formula is C12H15BrN4O2S. The zero-order chi connectivity index (χ0) is 14.8. The van der Waals surface area contributed by atoms with Gasteiger partial charge in [0, 0.05) is 42.1 Å². The standard InChI is InChI=1S/C12H15BrN4O2S/c1-17-10(4-6-15-17)5-7-16-20(18,19)12-8-9(14)2-3-11(12)13/h2-4,6,8,16H,5,7,14H2,1H3. The molecule has 20 heavy (non-hydrogen) atoms. The molecule has 0 atom stereocenters. The van der Waals surface area contributed by atoms with E-state index in [0.717, 1.165) is 5.69 Å². The average Bonchev–Trinajstić information content (AvgIpc) is 2.78. The molecule has 0 fully saturated rings. The number of hydrogen-bond donors (Lipinski definition) is 2. The summed E-state index contributed by atoms with van der Waals surface area (Å²) in [5.41, 5.74) is 6.99. The zero-order valence-electron chi connectivity index (χ0n) is 10.9. The molecule has 3 N–H and O–H groups in total. The fraction of sp³-hybridized carbons (Fsp3) is 0.250. The van der Waals surface area contributed by atoms with Crippen LogP contribution in [-0.4, -0.2) is 24.7 Å². The number of nitrogens with two attached hydrogens (primary N) is 1. The van der Waals surface area contributed by atoms with Gasteiger partial charge in [0.25, 0.3) is 0 Å². The Kier molecular flexibility index (Phi) is 4.46. The van der Waals surface area contributed by atoms with E-state index < -0.39 is 10.0 Å². The average molecular weight is 359 g/mol. The lowest BCUT2D eigenvalue weighted by atomic mass is 10.3. The van der Waals surface area contributed by atoms with Crippen molar-refractivity contribution in [3.05, 3.63) is 40.6 Å². The van der Waals surface area contributed by atoms with Crippen molar-refractivity contribution >= 4 is 31.6 Å². The topological polar surface area (TPSA) is 90.0 Å². The molecule has 1 aromatic carbocycles. The first-order valence-electron chi connectivity index (χ1n) is 5.92. The van der Waals surface area contributed by atoms with Crippen LogP contribution in [0.5, 0.6) is 0 Å². The first-order chi connectivity index (χ1) is 9.40. The Morgan fingerprint density at radius 3 is 2.80 bits per heavy atom. The molecule has 0 spiro atoms. The monoisotopic (exact) mass is 358 g/mol. The molecular weight excluding hydrogens is 344 g/mol. The summed E-state index contributed by atoms with van der Waals surface area (Å²) in [6.45, 7) is 0.295. The van der Waals surface area contributed by atoms with E-state index in [4.69, 9.17) is 5.73 Å². The Labute approximate surface area is 126 Å². The van der Waals surface area contributed by atoms with Gasteiger partial charge in [-0.25, -0.2) is 13.1 Å². The molecule has 0 bridgehead atoms. The number of benzene rings is 1. The lowest BCUT2D eigenvalue weighted by Gasteiger charge is -2.09. The minimum Gasteiger partial charge on any atom is -0.399 e. The third-order valence-corrected chi connectivity index (χ3v) is 5.30. The Balaban J connectivity index is 2.08. The molecule has 0 saturated carbocycles. The van der Waals surface area contributed by atoms with Crippen molar-refractivity contribution in [3.63, 3.8) is 0 Å². The first-order valence-corrected chi connectivity index (χ1v) is 8.19. The summed E-state index contributed by atoms with van der Waals surface area (Å²) in [6.07, 6.45) is 2.24. The number of nitrogens with one attached hydrogen (secondary N) is 1. The SMILES string of the molecule is Cn1nccc1CCNS(=O)(=O)c1cc(N)ccc1Br. The van der Waals surface area contributed by atoms with Gasteiger partial charge in [-0.2, -0.15) is 5.10 Å². The maximum Gasteiger partial charge on any atom is 0.241 e. The lowest BCUT2D eigenvalue weighted by molar-refractivity contribution is 0.579. The highest BCUT2D eigenvalue weighted by molar-refractivity contribution is 9.10. The fourth-order valence-electron chi connectivity index (χ4n) is 1.76. The van der Waals surface area contributed by atoms with Crippen LogP contribution in [0.15, 0.2) is 39.8 Å².